The zero-order valence-electron chi connectivity index (χ0n) is 16.3. The molecule has 2 heterocycles. The first kappa shape index (κ1) is 19.7. The maximum atomic E-state index is 10.3. The maximum absolute atomic E-state index is 10.3. The van der Waals surface area contributed by atoms with Gasteiger partial charge in [0.25, 0.3) is 0 Å². The zero-order valence-corrected chi connectivity index (χ0v) is 17.9. The van der Waals surface area contributed by atoms with Gasteiger partial charge in [-0.3, -0.25) is 4.72 Å². The number of hydrogen-bond donors (Lipinski definition) is 3. The predicted octanol–water partition coefficient (Wildman–Crippen LogP) is 3.12. The molecule has 1 aliphatic rings. The third kappa shape index (κ3) is 3.65. The Hall–Kier alpha value is -1.65. The van der Waals surface area contributed by atoms with Crippen LogP contribution >= 0.6 is 23.3 Å². The molecule has 28 heavy (non-hydrogen) atoms. The molecule has 2 aromatic heterocycles. The van der Waals surface area contributed by atoms with Crippen LogP contribution in [-0.2, 0) is 5.60 Å². The number of aromatic nitrogens is 3. The van der Waals surface area contributed by atoms with Gasteiger partial charge in [0.1, 0.15) is 16.4 Å². The van der Waals surface area contributed by atoms with E-state index in [0.717, 1.165) is 45.4 Å². The van der Waals surface area contributed by atoms with Crippen LogP contribution in [0, 0.1) is 6.92 Å². The fraction of sp³-hybridized carbons (Fsp3) is 0.474. The van der Waals surface area contributed by atoms with Gasteiger partial charge in [-0.25, -0.2) is 9.50 Å². The minimum absolute atomic E-state index is 0.191. The van der Waals surface area contributed by atoms with Crippen LogP contribution in [0.4, 0.5) is 0 Å². The summed E-state index contributed by atoms with van der Waals surface area (Å²) >= 11 is 2.91. The number of ether oxygens (including phenoxy) is 1. The number of rotatable bonds is 6. The van der Waals surface area contributed by atoms with Crippen LogP contribution in [0.25, 0.3) is 16.2 Å². The Balaban J connectivity index is 1.69. The van der Waals surface area contributed by atoms with Gasteiger partial charge in [0, 0.05) is 11.6 Å². The van der Waals surface area contributed by atoms with Crippen LogP contribution in [0.15, 0.2) is 23.1 Å². The lowest BCUT2D eigenvalue weighted by atomic mass is 9.91. The highest BCUT2D eigenvalue weighted by molar-refractivity contribution is 7.97. The molecule has 1 aromatic carbocycles. The fourth-order valence-corrected chi connectivity index (χ4v) is 5.03. The minimum Gasteiger partial charge on any atom is -0.496 e. The normalized spacial score (nSPS) is 19.8. The number of aryl methyl sites for hydroxylation is 1. The largest absolute Gasteiger partial charge is 0.496 e. The van der Waals surface area contributed by atoms with Crippen molar-refractivity contribution in [1.29, 1.82) is 0 Å². The second-order valence-electron chi connectivity index (χ2n) is 7.61. The summed E-state index contributed by atoms with van der Waals surface area (Å²) < 4.78 is 10.7. The van der Waals surface area contributed by atoms with E-state index in [1.54, 1.807) is 25.5 Å². The van der Waals surface area contributed by atoms with Crippen molar-refractivity contribution in [2.45, 2.75) is 56.3 Å². The second-order valence-corrected chi connectivity index (χ2v) is 9.45. The Morgan fingerprint density at radius 1 is 1.36 bits per heavy atom. The average Bonchev–Trinajstić information content (AvgIpc) is 3.14. The SMILES string of the molecule is COc1ccc(-c2c(C)nc3sc(C(C)(C)O)nn23)cc1SNC1CC(O)C1. The summed E-state index contributed by atoms with van der Waals surface area (Å²) in [6.07, 6.45) is 1.36. The minimum atomic E-state index is -1.01. The highest BCUT2D eigenvalue weighted by atomic mass is 32.2. The lowest BCUT2D eigenvalue weighted by molar-refractivity contribution is 0.0721. The molecule has 0 atom stereocenters. The molecule has 4 rings (SSSR count). The van der Waals surface area contributed by atoms with E-state index in [-0.39, 0.29) is 6.10 Å². The van der Waals surface area contributed by atoms with Gasteiger partial charge in [-0.2, -0.15) is 5.10 Å². The Morgan fingerprint density at radius 3 is 2.75 bits per heavy atom. The number of benzene rings is 1. The van der Waals surface area contributed by atoms with Gasteiger partial charge >= 0.3 is 0 Å². The highest BCUT2D eigenvalue weighted by Gasteiger charge is 2.28. The summed E-state index contributed by atoms with van der Waals surface area (Å²) in [5, 5.41) is 25.0. The van der Waals surface area contributed by atoms with Crippen molar-refractivity contribution in [2.75, 3.05) is 7.11 Å². The molecule has 0 radical (unpaired) electrons. The molecule has 3 aromatic rings. The molecule has 9 heteroatoms. The predicted molar refractivity (Wildman–Crippen MR) is 111 cm³/mol. The number of hydrogen-bond acceptors (Lipinski definition) is 8. The molecule has 3 N–H and O–H groups in total. The molecule has 0 saturated heterocycles. The first-order chi connectivity index (χ1) is 13.3. The van der Waals surface area contributed by atoms with E-state index in [1.165, 1.54) is 23.3 Å². The van der Waals surface area contributed by atoms with Gasteiger partial charge < -0.3 is 14.9 Å². The quantitative estimate of drug-likeness (QED) is 0.528. The van der Waals surface area contributed by atoms with Crippen LogP contribution in [0.2, 0.25) is 0 Å². The summed E-state index contributed by atoms with van der Waals surface area (Å²) in [5.41, 5.74) is 1.77. The summed E-state index contributed by atoms with van der Waals surface area (Å²) in [7, 11) is 1.66. The highest BCUT2D eigenvalue weighted by Crippen LogP contribution is 2.36. The summed E-state index contributed by atoms with van der Waals surface area (Å²) in [4.78, 5) is 6.35. The van der Waals surface area contributed by atoms with Crippen molar-refractivity contribution in [2.24, 2.45) is 0 Å². The first-order valence-electron chi connectivity index (χ1n) is 9.14. The van der Waals surface area contributed by atoms with E-state index in [0.29, 0.717) is 11.0 Å². The van der Waals surface area contributed by atoms with Gasteiger partial charge in [0.2, 0.25) is 4.96 Å². The van der Waals surface area contributed by atoms with Gasteiger partial charge in [0.15, 0.2) is 0 Å². The standard InChI is InChI=1S/C19H24N4O3S2/c1-10-16(23-18(20-10)27-17(21-23)19(2,3)25)11-5-6-14(26-4)15(7-11)28-22-12-8-13(24)9-12/h5-7,12-13,22,24-25H,8-9H2,1-4H3. The third-order valence-electron chi connectivity index (χ3n) is 4.79. The van der Waals surface area contributed by atoms with E-state index in [1.807, 2.05) is 19.1 Å². The number of methoxy groups -OCH3 is 1. The summed E-state index contributed by atoms with van der Waals surface area (Å²) in [6.45, 7) is 5.41. The number of imidazole rings is 1. The third-order valence-corrected chi connectivity index (χ3v) is 7.00. The zero-order chi connectivity index (χ0) is 20.1. The Bertz CT molecular complexity index is 1000. The first-order valence-corrected chi connectivity index (χ1v) is 10.8. The van der Waals surface area contributed by atoms with E-state index in [4.69, 9.17) is 4.74 Å². The second kappa shape index (κ2) is 7.31. The molecule has 1 saturated carbocycles. The molecular weight excluding hydrogens is 396 g/mol. The van der Waals surface area contributed by atoms with Crippen molar-refractivity contribution < 1.29 is 14.9 Å². The average molecular weight is 421 g/mol. The number of aliphatic hydroxyl groups is 2. The molecule has 0 spiro atoms. The van der Waals surface area contributed by atoms with Crippen molar-refractivity contribution in [3.05, 3.63) is 28.9 Å². The van der Waals surface area contributed by atoms with E-state index in [2.05, 4.69) is 20.9 Å². The molecule has 0 unspecified atom stereocenters. The van der Waals surface area contributed by atoms with Gasteiger partial charge in [-0.15, -0.1) is 0 Å². The Kier molecular flexibility index (Phi) is 5.13. The molecule has 150 valence electrons. The maximum Gasteiger partial charge on any atom is 0.213 e. The fourth-order valence-electron chi connectivity index (χ4n) is 3.16. The smallest absolute Gasteiger partial charge is 0.213 e. The topological polar surface area (TPSA) is 91.9 Å². The molecule has 1 aliphatic carbocycles. The van der Waals surface area contributed by atoms with Crippen LogP contribution in [0.3, 0.4) is 0 Å². The van der Waals surface area contributed by atoms with Crippen LogP contribution in [-0.4, -0.2) is 44.1 Å². The van der Waals surface area contributed by atoms with Gasteiger partial charge in [-0.1, -0.05) is 11.3 Å². The molecular formula is C19H24N4O3S2. The van der Waals surface area contributed by atoms with Crippen LogP contribution in [0.1, 0.15) is 37.4 Å². The molecule has 0 amide bonds. The van der Waals surface area contributed by atoms with E-state index in [9.17, 15) is 10.2 Å². The van der Waals surface area contributed by atoms with Gasteiger partial charge in [0.05, 0.1) is 29.5 Å². The Morgan fingerprint density at radius 2 is 2.11 bits per heavy atom. The van der Waals surface area contributed by atoms with Crippen molar-refractivity contribution in [3.8, 4) is 17.0 Å². The molecule has 1 fully saturated rings. The van der Waals surface area contributed by atoms with Crippen molar-refractivity contribution >= 4 is 28.2 Å². The Labute approximate surface area is 171 Å². The molecule has 0 bridgehead atoms. The lowest BCUT2D eigenvalue weighted by Gasteiger charge is -2.31. The van der Waals surface area contributed by atoms with Crippen LogP contribution in [0.5, 0.6) is 5.75 Å². The lowest BCUT2D eigenvalue weighted by Crippen LogP contribution is -2.41. The van der Waals surface area contributed by atoms with E-state index < -0.39 is 5.60 Å². The van der Waals surface area contributed by atoms with Crippen molar-refractivity contribution in [3.63, 3.8) is 0 Å². The number of fused-ring (bicyclic) bond motifs is 1. The molecule has 7 nitrogen and oxygen atoms in total. The number of nitrogens with zero attached hydrogens (tertiary/aromatic N) is 3. The van der Waals surface area contributed by atoms with Crippen LogP contribution < -0.4 is 9.46 Å². The monoisotopic (exact) mass is 420 g/mol. The van der Waals surface area contributed by atoms with E-state index >= 15 is 0 Å². The number of nitrogens with one attached hydrogen (secondary N) is 1. The van der Waals surface area contributed by atoms with Gasteiger partial charge in [-0.05, 0) is 63.8 Å². The summed E-state index contributed by atoms with van der Waals surface area (Å²) in [5.74, 6) is 0.787. The number of aliphatic hydroxyl groups excluding tert-OH is 1. The molecule has 0 aliphatic heterocycles. The summed E-state index contributed by atoms with van der Waals surface area (Å²) in [6, 6.07) is 6.31. The van der Waals surface area contributed by atoms with Crippen molar-refractivity contribution in [1.82, 2.24) is 19.3 Å².